The van der Waals surface area contributed by atoms with E-state index in [1.807, 2.05) is 18.4 Å². The number of hydrogen-bond acceptors (Lipinski definition) is 7. The van der Waals surface area contributed by atoms with Crippen molar-refractivity contribution in [1.29, 1.82) is 0 Å². The van der Waals surface area contributed by atoms with E-state index in [0.717, 1.165) is 25.1 Å². The van der Waals surface area contributed by atoms with Gasteiger partial charge in [0, 0.05) is 32.0 Å². The SMILES string of the molecule is C=N/C=C\C(C)=NCCn1c(=O)c2c(nc(N(CC)CCCCN)n2CC#CC)n(C)c1=O. The smallest absolute Gasteiger partial charge is 0.332 e. The Morgan fingerprint density at radius 2 is 2.06 bits per heavy atom. The van der Waals surface area contributed by atoms with Crippen molar-refractivity contribution in [2.75, 3.05) is 31.1 Å². The number of anilines is 1. The molecule has 10 heteroatoms. The number of imidazole rings is 1. The average molecular weight is 455 g/mol. The van der Waals surface area contributed by atoms with Gasteiger partial charge in [0.15, 0.2) is 11.2 Å². The van der Waals surface area contributed by atoms with Crippen molar-refractivity contribution in [2.45, 2.75) is 46.7 Å². The predicted molar refractivity (Wildman–Crippen MR) is 136 cm³/mol. The molecule has 2 aromatic rings. The molecule has 0 fully saturated rings. The van der Waals surface area contributed by atoms with E-state index in [9.17, 15) is 9.59 Å². The van der Waals surface area contributed by atoms with Gasteiger partial charge in [-0.1, -0.05) is 5.92 Å². The normalized spacial score (nSPS) is 11.7. The fourth-order valence-corrected chi connectivity index (χ4v) is 3.49. The largest absolute Gasteiger partial charge is 0.342 e. The summed E-state index contributed by atoms with van der Waals surface area (Å²) in [6.45, 7) is 11.8. The molecule has 33 heavy (non-hydrogen) atoms. The molecular formula is C23H34N8O2. The first kappa shape index (κ1) is 25.8. The molecule has 0 amide bonds. The van der Waals surface area contributed by atoms with E-state index in [1.165, 1.54) is 15.3 Å². The summed E-state index contributed by atoms with van der Waals surface area (Å²) in [7, 11) is 1.63. The Balaban J connectivity index is 2.60. The monoisotopic (exact) mass is 454 g/mol. The second-order valence-electron chi connectivity index (χ2n) is 7.49. The zero-order chi connectivity index (χ0) is 24.4. The minimum atomic E-state index is -0.424. The molecule has 0 aliphatic rings. The summed E-state index contributed by atoms with van der Waals surface area (Å²) in [5, 5.41) is 0. The van der Waals surface area contributed by atoms with Gasteiger partial charge in [-0.2, -0.15) is 4.98 Å². The maximum Gasteiger partial charge on any atom is 0.332 e. The highest BCUT2D eigenvalue weighted by atomic mass is 16.2. The lowest BCUT2D eigenvalue weighted by molar-refractivity contribution is 0.609. The highest BCUT2D eigenvalue weighted by molar-refractivity contribution is 5.92. The third kappa shape index (κ3) is 6.08. The van der Waals surface area contributed by atoms with Crippen molar-refractivity contribution < 1.29 is 0 Å². The van der Waals surface area contributed by atoms with E-state index in [1.54, 1.807) is 20.0 Å². The molecule has 0 atom stereocenters. The number of allylic oxidation sites excluding steroid dienone is 1. The fourth-order valence-electron chi connectivity index (χ4n) is 3.49. The minimum Gasteiger partial charge on any atom is -0.342 e. The summed E-state index contributed by atoms with van der Waals surface area (Å²) in [5.41, 5.74) is 6.28. The first-order valence-corrected chi connectivity index (χ1v) is 11.1. The van der Waals surface area contributed by atoms with Crippen LogP contribution in [0.4, 0.5) is 5.95 Å². The lowest BCUT2D eigenvalue weighted by Gasteiger charge is -2.22. The number of nitrogens with zero attached hydrogens (tertiary/aromatic N) is 7. The standard InChI is InChI=1S/C23H34N8O2/c1-6-8-16-30-19-20(27-22(30)29(7-2)15-10-9-12-24)28(5)23(33)31(21(19)32)17-14-26-18(3)11-13-25-4/h11,13H,4,7,9-10,12,14-17,24H2,1-3,5H3/b13-11-,26-18?. The Hall–Kier alpha value is -3.45. The van der Waals surface area contributed by atoms with Crippen LogP contribution in [0.5, 0.6) is 0 Å². The third-order valence-corrected chi connectivity index (χ3v) is 5.28. The molecule has 0 saturated heterocycles. The van der Waals surface area contributed by atoms with Crippen LogP contribution < -0.4 is 21.9 Å². The van der Waals surface area contributed by atoms with E-state index in [-0.39, 0.29) is 18.6 Å². The molecule has 2 heterocycles. The maximum absolute atomic E-state index is 13.4. The van der Waals surface area contributed by atoms with Gasteiger partial charge in [-0.25, -0.2) is 4.79 Å². The van der Waals surface area contributed by atoms with Crippen LogP contribution in [0.3, 0.4) is 0 Å². The minimum absolute atomic E-state index is 0.155. The molecule has 0 aromatic carbocycles. The highest BCUT2D eigenvalue weighted by Crippen LogP contribution is 2.20. The van der Waals surface area contributed by atoms with Gasteiger partial charge in [0.25, 0.3) is 5.56 Å². The number of fused-ring (bicyclic) bond motifs is 1. The predicted octanol–water partition coefficient (Wildman–Crippen LogP) is 1.16. The fraction of sp³-hybridized carbons (Fsp3) is 0.522. The van der Waals surface area contributed by atoms with Crippen molar-refractivity contribution in [3.05, 3.63) is 33.1 Å². The van der Waals surface area contributed by atoms with Crippen molar-refractivity contribution in [3.8, 4) is 11.8 Å². The van der Waals surface area contributed by atoms with Crippen LogP contribution in [0.25, 0.3) is 11.2 Å². The van der Waals surface area contributed by atoms with Crippen molar-refractivity contribution >= 4 is 29.5 Å². The molecular weight excluding hydrogens is 420 g/mol. The van der Waals surface area contributed by atoms with Crippen molar-refractivity contribution in [3.63, 3.8) is 0 Å². The van der Waals surface area contributed by atoms with E-state index < -0.39 is 5.69 Å². The molecule has 0 radical (unpaired) electrons. The molecule has 0 unspecified atom stereocenters. The van der Waals surface area contributed by atoms with Gasteiger partial charge >= 0.3 is 5.69 Å². The molecule has 0 aliphatic heterocycles. The topological polar surface area (TPSA) is 116 Å². The molecule has 2 N–H and O–H groups in total. The van der Waals surface area contributed by atoms with Gasteiger partial charge in [0.05, 0.1) is 19.6 Å². The van der Waals surface area contributed by atoms with Crippen LogP contribution in [-0.2, 0) is 20.1 Å². The van der Waals surface area contributed by atoms with Crippen LogP contribution in [0, 0.1) is 11.8 Å². The van der Waals surface area contributed by atoms with Crippen LogP contribution in [0.15, 0.2) is 31.8 Å². The van der Waals surface area contributed by atoms with Crippen molar-refractivity contribution in [1.82, 2.24) is 18.7 Å². The van der Waals surface area contributed by atoms with Crippen LogP contribution in [0.1, 0.15) is 33.6 Å². The van der Waals surface area contributed by atoms with Gasteiger partial charge in [-0.15, -0.1) is 5.92 Å². The maximum atomic E-state index is 13.4. The summed E-state index contributed by atoms with van der Waals surface area (Å²) >= 11 is 0. The van der Waals surface area contributed by atoms with Crippen LogP contribution >= 0.6 is 0 Å². The van der Waals surface area contributed by atoms with Crippen molar-refractivity contribution in [2.24, 2.45) is 22.8 Å². The Morgan fingerprint density at radius 3 is 2.70 bits per heavy atom. The Kier molecular flexibility index (Phi) is 9.82. The van der Waals surface area contributed by atoms with Gasteiger partial charge in [-0.05, 0) is 53.0 Å². The molecule has 2 aromatic heterocycles. The molecule has 2 rings (SSSR count). The Morgan fingerprint density at radius 1 is 1.30 bits per heavy atom. The molecule has 0 saturated carbocycles. The number of rotatable bonds is 12. The Labute approximate surface area is 194 Å². The molecule has 0 bridgehead atoms. The van der Waals surface area contributed by atoms with Gasteiger partial charge in [0.1, 0.15) is 0 Å². The zero-order valence-corrected chi connectivity index (χ0v) is 20.0. The summed E-state index contributed by atoms with van der Waals surface area (Å²) in [5.74, 6) is 6.55. The number of hydrogen-bond donors (Lipinski definition) is 1. The summed E-state index contributed by atoms with van der Waals surface area (Å²) in [4.78, 5) is 41.2. The first-order chi connectivity index (χ1) is 15.9. The first-order valence-electron chi connectivity index (χ1n) is 11.1. The van der Waals surface area contributed by atoms with Gasteiger partial charge in [0.2, 0.25) is 5.95 Å². The van der Waals surface area contributed by atoms with Gasteiger partial charge in [-0.3, -0.25) is 28.5 Å². The Bertz CT molecular complexity index is 1200. The van der Waals surface area contributed by atoms with Crippen LogP contribution in [-0.4, -0.2) is 57.3 Å². The summed E-state index contributed by atoms with van der Waals surface area (Å²) in [6, 6.07) is 0. The van der Waals surface area contributed by atoms with E-state index in [2.05, 4.69) is 33.4 Å². The number of aliphatic imine (C=N–C) groups is 2. The number of aromatic nitrogens is 4. The van der Waals surface area contributed by atoms with Gasteiger partial charge < -0.3 is 10.6 Å². The quantitative estimate of drug-likeness (QED) is 0.294. The number of unbranched alkanes of at least 4 members (excludes halogenated alkanes) is 1. The number of aryl methyl sites for hydroxylation is 1. The second kappa shape index (κ2) is 12.6. The van der Waals surface area contributed by atoms with E-state index in [0.29, 0.717) is 36.7 Å². The summed E-state index contributed by atoms with van der Waals surface area (Å²) in [6.07, 6.45) is 5.06. The van der Waals surface area contributed by atoms with E-state index in [4.69, 9.17) is 10.7 Å². The third-order valence-electron chi connectivity index (χ3n) is 5.28. The second-order valence-corrected chi connectivity index (χ2v) is 7.49. The highest BCUT2D eigenvalue weighted by Gasteiger charge is 2.22. The zero-order valence-electron chi connectivity index (χ0n) is 20.0. The lowest BCUT2D eigenvalue weighted by Crippen LogP contribution is -2.40. The lowest BCUT2D eigenvalue weighted by atomic mass is 10.3. The number of nitrogens with two attached hydrogens (primary N) is 1. The van der Waals surface area contributed by atoms with E-state index >= 15 is 0 Å². The molecule has 0 aliphatic carbocycles. The molecule has 178 valence electrons. The summed E-state index contributed by atoms with van der Waals surface area (Å²) < 4.78 is 4.44. The molecule has 10 nitrogen and oxygen atoms in total. The molecule has 0 spiro atoms. The van der Waals surface area contributed by atoms with Crippen LogP contribution in [0.2, 0.25) is 0 Å². The average Bonchev–Trinajstić information content (AvgIpc) is 3.19.